The summed E-state index contributed by atoms with van der Waals surface area (Å²) in [5.41, 5.74) is 0.194. The monoisotopic (exact) mass is 522 g/mol. The minimum atomic E-state index is -3.93. The molecule has 1 aromatic rings. The van der Waals surface area contributed by atoms with Gasteiger partial charge in [0.1, 0.15) is 12.4 Å². The number of carboxylic acid groups (broad SMARTS) is 1. The highest BCUT2D eigenvalue weighted by atomic mass is 32.2. The van der Waals surface area contributed by atoms with Crippen molar-refractivity contribution in [1.82, 2.24) is 10.4 Å². The first-order valence-electron chi connectivity index (χ1n) is 12.5. The van der Waals surface area contributed by atoms with Crippen LogP contribution in [0.15, 0.2) is 29.2 Å². The molecule has 2 rings (SSSR count). The standard InChI is InChI=1S/C26H38N2O7S/c1-3-5-7-8-9-10-11-21-19-26(24(29)27-32,16-17-28(21)25(30)31)20-36(33,34)23-14-12-22(13-15-23)35-18-6-4-2/h12-15,21,32H,3,5,7-11,16-20H2,1-2H3,(H,27,29)(H,30,31). The number of nitrogens with zero attached hydrogens (tertiary/aromatic N) is 1. The van der Waals surface area contributed by atoms with E-state index in [-0.39, 0.29) is 30.9 Å². The van der Waals surface area contributed by atoms with Crippen molar-refractivity contribution in [2.24, 2.45) is 5.41 Å². The number of amides is 2. The van der Waals surface area contributed by atoms with E-state index in [0.29, 0.717) is 12.2 Å². The lowest BCUT2D eigenvalue weighted by Crippen LogP contribution is -2.56. The number of hydrogen-bond acceptors (Lipinski definition) is 6. The lowest BCUT2D eigenvalue weighted by atomic mass is 9.75. The van der Waals surface area contributed by atoms with Crippen LogP contribution in [0.3, 0.4) is 0 Å². The average molecular weight is 523 g/mol. The van der Waals surface area contributed by atoms with Crippen LogP contribution in [0.2, 0.25) is 0 Å². The Morgan fingerprint density at radius 3 is 2.44 bits per heavy atom. The number of hydrogen-bond donors (Lipinski definition) is 3. The van der Waals surface area contributed by atoms with Crippen LogP contribution in [-0.4, -0.2) is 60.6 Å². The van der Waals surface area contributed by atoms with Gasteiger partial charge in [0.2, 0.25) is 0 Å². The van der Waals surface area contributed by atoms with Gasteiger partial charge >= 0.3 is 6.09 Å². The van der Waals surface area contributed by atoms with E-state index in [1.165, 1.54) is 29.2 Å². The predicted molar refractivity (Wildman–Crippen MR) is 136 cm³/mol. The first-order valence-corrected chi connectivity index (χ1v) is 14.1. The van der Waals surface area contributed by atoms with E-state index in [4.69, 9.17) is 4.74 Å². The Morgan fingerprint density at radius 2 is 1.83 bits per heavy atom. The van der Waals surface area contributed by atoms with Gasteiger partial charge in [0, 0.05) is 12.6 Å². The lowest BCUT2D eigenvalue weighted by molar-refractivity contribution is -0.142. The van der Waals surface area contributed by atoms with E-state index in [1.807, 2.05) is 0 Å². The fraction of sp³-hybridized carbons (Fsp3) is 0.615. The minimum absolute atomic E-state index is 0.00515. The third-order valence-electron chi connectivity index (χ3n) is 6.76. The molecule has 0 radical (unpaired) electrons. The highest BCUT2D eigenvalue weighted by molar-refractivity contribution is 7.91. The van der Waals surface area contributed by atoms with Crippen LogP contribution in [-0.2, 0) is 14.6 Å². The molecular formula is C26H38N2O7S. The van der Waals surface area contributed by atoms with Crippen molar-refractivity contribution in [2.45, 2.75) is 82.6 Å². The molecule has 0 spiro atoms. The Balaban J connectivity index is 2.20. The molecule has 1 aliphatic heterocycles. The van der Waals surface area contributed by atoms with Crippen molar-refractivity contribution in [3.05, 3.63) is 24.3 Å². The highest BCUT2D eigenvalue weighted by Gasteiger charge is 2.49. The number of nitrogens with one attached hydrogen (secondary N) is 1. The second-order valence-corrected chi connectivity index (χ2v) is 11.3. The first-order chi connectivity index (χ1) is 17.2. The van der Waals surface area contributed by atoms with Gasteiger partial charge in [-0.15, -0.1) is 5.92 Å². The molecule has 0 saturated carbocycles. The zero-order valence-electron chi connectivity index (χ0n) is 21.2. The maximum atomic E-state index is 13.3. The van der Waals surface area contributed by atoms with Crippen molar-refractivity contribution < 1.29 is 33.1 Å². The van der Waals surface area contributed by atoms with Crippen molar-refractivity contribution >= 4 is 21.8 Å². The number of unbranched alkanes of at least 4 members (excludes halogenated alkanes) is 5. The van der Waals surface area contributed by atoms with Crippen LogP contribution < -0.4 is 10.2 Å². The lowest BCUT2D eigenvalue weighted by Gasteiger charge is -2.44. The van der Waals surface area contributed by atoms with Crippen LogP contribution in [0.4, 0.5) is 4.79 Å². The van der Waals surface area contributed by atoms with Crippen molar-refractivity contribution in [1.29, 1.82) is 0 Å². The number of carbonyl (C=O) groups is 2. The van der Waals surface area contributed by atoms with E-state index >= 15 is 0 Å². The quantitative estimate of drug-likeness (QED) is 0.153. The molecule has 1 saturated heterocycles. The topological polar surface area (TPSA) is 133 Å². The van der Waals surface area contributed by atoms with Gasteiger partial charge in [-0.05, 0) is 50.5 Å². The molecule has 0 bridgehead atoms. The van der Waals surface area contributed by atoms with Gasteiger partial charge in [0.15, 0.2) is 9.84 Å². The van der Waals surface area contributed by atoms with Crippen LogP contribution in [0.25, 0.3) is 0 Å². The number of hydroxylamine groups is 1. The summed E-state index contributed by atoms with van der Waals surface area (Å²) in [5.74, 6) is 4.59. The Labute approximate surface area is 214 Å². The summed E-state index contributed by atoms with van der Waals surface area (Å²) in [6.45, 7) is 4.03. The molecule has 3 N–H and O–H groups in total. The summed E-state index contributed by atoms with van der Waals surface area (Å²) in [5, 5.41) is 19.2. The zero-order chi connectivity index (χ0) is 26.6. The fourth-order valence-electron chi connectivity index (χ4n) is 4.75. The first kappa shape index (κ1) is 29.5. The maximum absolute atomic E-state index is 13.3. The average Bonchev–Trinajstić information content (AvgIpc) is 2.85. The van der Waals surface area contributed by atoms with Crippen molar-refractivity contribution in [3.63, 3.8) is 0 Å². The molecule has 1 heterocycles. The SMILES string of the molecule is CC#CCOc1ccc(S(=O)(=O)CC2(C(=O)NO)CCN(C(=O)O)C(CCCCCCCC)C2)cc1. The fourth-order valence-corrected chi connectivity index (χ4v) is 6.59. The maximum Gasteiger partial charge on any atom is 0.407 e. The summed E-state index contributed by atoms with van der Waals surface area (Å²) >= 11 is 0. The summed E-state index contributed by atoms with van der Waals surface area (Å²) in [7, 11) is -3.93. The van der Waals surface area contributed by atoms with Crippen LogP contribution in [0.1, 0.15) is 71.6 Å². The number of likely N-dealkylation sites (tertiary alicyclic amines) is 1. The number of ether oxygens (including phenoxy) is 1. The number of rotatable bonds is 13. The second kappa shape index (κ2) is 14.1. The Hall–Kier alpha value is -2.77. The van der Waals surface area contributed by atoms with Crippen LogP contribution in [0, 0.1) is 17.3 Å². The Bertz CT molecular complexity index is 1030. The van der Waals surface area contributed by atoms with Gasteiger partial charge < -0.3 is 14.7 Å². The second-order valence-electron chi connectivity index (χ2n) is 9.31. The van der Waals surface area contributed by atoms with Gasteiger partial charge in [-0.25, -0.2) is 18.7 Å². The third kappa shape index (κ3) is 8.14. The molecule has 10 heteroatoms. The third-order valence-corrected chi connectivity index (χ3v) is 8.68. The number of benzene rings is 1. The van der Waals surface area contributed by atoms with Gasteiger partial charge in [-0.2, -0.15) is 0 Å². The van der Waals surface area contributed by atoms with Gasteiger partial charge in [0.05, 0.1) is 16.1 Å². The molecule has 9 nitrogen and oxygen atoms in total. The number of sulfone groups is 1. The summed E-state index contributed by atoms with van der Waals surface area (Å²) in [4.78, 5) is 26.0. The summed E-state index contributed by atoms with van der Waals surface area (Å²) < 4.78 is 32.1. The van der Waals surface area contributed by atoms with E-state index in [9.17, 15) is 28.3 Å². The largest absolute Gasteiger partial charge is 0.481 e. The van der Waals surface area contributed by atoms with E-state index < -0.39 is 39.0 Å². The van der Waals surface area contributed by atoms with Crippen molar-refractivity contribution in [3.8, 4) is 17.6 Å². The van der Waals surface area contributed by atoms with Gasteiger partial charge in [-0.3, -0.25) is 10.0 Å². The summed E-state index contributed by atoms with van der Waals surface area (Å²) in [6, 6.07) is 5.36. The molecule has 2 unspecified atom stereocenters. The van der Waals surface area contributed by atoms with Gasteiger partial charge in [-0.1, -0.05) is 51.4 Å². The van der Waals surface area contributed by atoms with E-state index in [0.717, 1.165) is 38.5 Å². The molecule has 2 amide bonds. The number of piperidine rings is 1. The minimum Gasteiger partial charge on any atom is -0.481 e. The van der Waals surface area contributed by atoms with Crippen LogP contribution in [0.5, 0.6) is 5.75 Å². The van der Waals surface area contributed by atoms with Crippen molar-refractivity contribution in [2.75, 3.05) is 18.9 Å². The Kier molecular flexibility index (Phi) is 11.5. The highest BCUT2D eigenvalue weighted by Crippen LogP contribution is 2.40. The van der Waals surface area contributed by atoms with E-state index in [1.54, 1.807) is 12.4 Å². The zero-order valence-corrected chi connectivity index (χ0v) is 22.0. The molecule has 1 aromatic carbocycles. The molecule has 0 aliphatic carbocycles. The molecule has 1 fully saturated rings. The molecule has 2 atom stereocenters. The Morgan fingerprint density at radius 1 is 1.17 bits per heavy atom. The molecule has 0 aromatic heterocycles. The number of carbonyl (C=O) groups excluding carboxylic acids is 1. The van der Waals surface area contributed by atoms with Crippen LogP contribution >= 0.6 is 0 Å². The molecule has 200 valence electrons. The molecule has 36 heavy (non-hydrogen) atoms. The molecular weight excluding hydrogens is 484 g/mol. The summed E-state index contributed by atoms with van der Waals surface area (Å²) in [6.07, 6.45) is 5.65. The predicted octanol–water partition coefficient (Wildman–Crippen LogP) is 4.25. The van der Waals surface area contributed by atoms with E-state index in [2.05, 4.69) is 18.8 Å². The van der Waals surface area contributed by atoms with Gasteiger partial charge in [0.25, 0.3) is 5.91 Å². The molecule has 1 aliphatic rings. The smallest absolute Gasteiger partial charge is 0.407 e. The normalized spacial score (nSPS) is 19.8.